The number of hydrogen-bond acceptors (Lipinski definition) is 7. The quantitative estimate of drug-likeness (QED) is 0.610. The van der Waals surface area contributed by atoms with E-state index in [-0.39, 0.29) is 31.1 Å². The molecule has 9 nitrogen and oxygen atoms in total. The Balaban J connectivity index is 2.53. The number of ether oxygens (including phenoxy) is 1. The van der Waals surface area contributed by atoms with Gasteiger partial charge in [0.2, 0.25) is 5.82 Å². The summed E-state index contributed by atoms with van der Waals surface area (Å²) in [4.78, 5) is 26.8. The van der Waals surface area contributed by atoms with Crippen molar-refractivity contribution in [3.8, 4) is 6.07 Å². The highest BCUT2D eigenvalue weighted by molar-refractivity contribution is 5.80. The Morgan fingerprint density at radius 2 is 2.45 bits per heavy atom. The first kappa shape index (κ1) is 13.7. The van der Waals surface area contributed by atoms with Gasteiger partial charge >= 0.3 is 11.7 Å². The second kappa shape index (κ2) is 5.50. The largest absolute Gasteiger partial charge is 0.480 e. The van der Waals surface area contributed by atoms with E-state index >= 15 is 0 Å². The van der Waals surface area contributed by atoms with Crippen molar-refractivity contribution in [1.82, 2.24) is 4.98 Å². The zero-order valence-electron chi connectivity index (χ0n) is 10.2. The van der Waals surface area contributed by atoms with Crippen LogP contribution in [0, 0.1) is 21.4 Å². The molecule has 1 aromatic rings. The third-order valence-electron chi connectivity index (χ3n) is 2.89. The average molecular weight is 278 g/mol. The molecule has 1 unspecified atom stereocenters. The van der Waals surface area contributed by atoms with Gasteiger partial charge in [-0.1, -0.05) is 0 Å². The molecular weight excluding hydrogens is 268 g/mol. The number of rotatable bonds is 3. The summed E-state index contributed by atoms with van der Waals surface area (Å²) in [5.74, 6) is -1.28. The highest BCUT2D eigenvalue weighted by Gasteiger charge is 2.35. The zero-order valence-corrected chi connectivity index (χ0v) is 10.2. The Morgan fingerprint density at radius 1 is 1.70 bits per heavy atom. The zero-order chi connectivity index (χ0) is 14.7. The van der Waals surface area contributed by atoms with E-state index in [2.05, 4.69) is 4.98 Å². The van der Waals surface area contributed by atoms with Gasteiger partial charge in [0.25, 0.3) is 0 Å². The number of aromatic nitrogens is 1. The fraction of sp³-hybridized carbons (Fsp3) is 0.364. The number of morpholine rings is 1. The number of pyridine rings is 1. The second-order valence-electron chi connectivity index (χ2n) is 4.02. The van der Waals surface area contributed by atoms with E-state index in [4.69, 9.17) is 15.1 Å². The van der Waals surface area contributed by atoms with Crippen LogP contribution in [0.3, 0.4) is 0 Å². The number of carboxylic acid groups (broad SMARTS) is 1. The molecule has 0 aliphatic carbocycles. The molecular formula is C11H10N4O5. The standard InChI is InChI=1S/C11H10N4O5/c12-5-7-1-2-13-10(9(7)15(18)19)14-3-4-20-6-8(14)11(16)17/h1-2,8H,3-4,6H2,(H,16,17). The van der Waals surface area contributed by atoms with Crippen LogP contribution in [0.5, 0.6) is 0 Å². The van der Waals surface area contributed by atoms with Gasteiger partial charge in [-0.2, -0.15) is 5.26 Å². The normalized spacial score (nSPS) is 18.4. The van der Waals surface area contributed by atoms with Crippen LogP contribution in [-0.2, 0) is 9.53 Å². The Labute approximate surface area is 113 Å². The fourth-order valence-electron chi connectivity index (χ4n) is 1.99. The summed E-state index contributed by atoms with van der Waals surface area (Å²) in [6, 6.07) is 1.87. The van der Waals surface area contributed by atoms with Gasteiger partial charge in [-0.15, -0.1) is 0 Å². The first-order valence-corrected chi connectivity index (χ1v) is 5.67. The minimum Gasteiger partial charge on any atom is -0.480 e. The van der Waals surface area contributed by atoms with Gasteiger partial charge < -0.3 is 14.7 Å². The number of hydrogen-bond donors (Lipinski definition) is 1. The number of nitriles is 1. The lowest BCUT2D eigenvalue weighted by Crippen LogP contribution is -2.50. The highest BCUT2D eigenvalue weighted by Crippen LogP contribution is 2.31. The number of anilines is 1. The number of carboxylic acids is 1. The second-order valence-corrected chi connectivity index (χ2v) is 4.02. The van der Waals surface area contributed by atoms with Crippen molar-refractivity contribution >= 4 is 17.5 Å². The number of nitrogens with zero attached hydrogens (tertiary/aromatic N) is 4. The van der Waals surface area contributed by atoms with Gasteiger partial charge in [0.05, 0.1) is 18.1 Å². The molecule has 9 heteroatoms. The fourth-order valence-corrected chi connectivity index (χ4v) is 1.99. The van der Waals surface area contributed by atoms with Gasteiger partial charge in [-0.3, -0.25) is 10.1 Å². The van der Waals surface area contributed by atoms with Crippen LogP contribution in [-0.4, -0.2) is 46.8 Å². The van der Waals surface area contributed by atoms with Crippen molar-refractivity contribution in [2.24, 2.45) is 0 Å². The van der Waals surface area contributed by atoms with Gasteiger partial charge in [0.1, 0.15) is 11.6 Å². The lowest BCUT2D eigenvalue weighted by Gasteiger charge is -2.33. The number of nitro groups is 1. The lowest BCUT2D eigenvalue weighted by molar-refractivity contribution is -0.384. The maximum atomic E-state index is 11.2. The molecule has 1 atom stereocenters. The minimum absolute atomic E-state index is 0.0923. The molecule has 2 heterocycles. The predicted octanol–water partition coefficient (Wildman–Crippen LogP) is 0.151. The molecule has 0 saturated carbocycles. The molecule has 0 radical (unpaired) electrons. The van der Waals surface area contributed by atoms with E-state index in [9.17, 15) is 14.9 Å². The molecule has 1 saturated heterocycles. The van der Waals surface area contributed by atoms with Crippen molar-refractivity contribution < 1.29 is 19.6 Å². The molecule has 0 amide bonds. The van der Waals surface area contributed by atoms with Crippen molar-refractivity contribution in [3.05, 3.63) is 27.9 Å². The van der Waals surface area contributed by atoms with E-state index in [1.54, 1.807) is 6.07 Å². The maximum absolute atomic E-state index is 11.2. The molecule has 0 aromatic carbocycles. The van der Waals surface area contributed by atoms with Crippen molar-refractivity contribution in [2.45, 2.75) is 6.04 Å². The van der Waals surface area contributed by atoms with Gasteiger partial charge in [-0.05, 0) is 6.07 Å². The molecule has 104 valence electrons. The Kier molecular flexibility index (Phi) is 3.76. The van der Waals surface area contributed by atoms with Gasteiger partial charge in [-0.25, -0.2) is 9.78 Å². The molecule has 20 heavy (non-hydrogen) atoms. The third kappa shape index (κ3) is 2.36. The van der Waals surface area contributed by atoms with Gasteiger partial charge in [0, 0.05) is 12.7 Å². The molecule has 2 rings (SSSR count). The first-order chi connectivity index (χ1) is 9.56. The number of carbonyl (C=O) groups is 1. The van der Waals surface area contributed by atoms with Crippen molar-refractivity contribution in [2.75, 3.05) is 24.7 Å². The summed E-state index contributed by atoms with van der Waals surface area (Å²) in [6.45, 7) is 0.296. The minimum atomic E-state index is -1.16. The molecule has 1 aliphatic heterocycles. The predicted molar refractivity (Wildman–Crippen MR) is 65.2 cm³/mol. The summed E-state index contributed by atoms with van der Waals surface area (Å²) >= 11 is 0. The molecule has 1 fully saturated rings. The van der Waals surface area contributed by atoms with Crippen LogP contribution in [0.2, 0.25) is 0 Å². The third-order valence-corrected chi connectivity index (χ3v) is 2.89. The summed E-state index contributed by atoms with van der Waals surface area (Å²) < 4.78 is 5.07. The lowest BCUT2D eigenvalue weighted by atomic mass is 10.1. The van der Waals surface area contributed by atoms with E-state index in [1.807, 2.05) is 0 Å². The van der Waals surface area contributed by atoms with Crippen LogP contribution in [0.15, 0.2) is 12.3 Å². The van der Waals surface area contributed by atoms with Crippen LogP contribution in [0.4, 0.5) is 11.5 Å². The number of aliphatic carboxylic acids is 1. The van der Waals surface area contributed by atoms with E-state index in [0.29, 0.717) is 0 Å². The van der Waals surface area contributed by atoms with Crippen LogP contribution >= 0.6 is 0 Å². The molecule has 1 aromatic heterocycles. The van der Waals surface area contributed by atoms with E-state index < -0.39 is 22.6 Å². The molecule has 0 spiro atoms. The van der Waals surface area contributed by atoms with Gasteiger partial charge in [0.15, 0.2) is 6.04 Å². The topological polar surface area (TPSA) is 130 Å². The average Bonchev–Trinajstić information content (AvgIpc) is 2.46. The molecule has 1 aliphatic rings. The SMILES string of the molecule is N#Cc1ccnc(N2CCOCC2C(=O)O)c1[N+](=O)[O-]. The van der Waals surface area contributed by atoms with E-state index in [0.717, 1.165) is 0 Å². The Bertz CT molecular complexity index is 597. The summed E-state index contributed by atoms with van der Waals surface area (Å²) in [5, 5.41) is 29.2. The van der Waals surface area contributed by atoms with Crippen LogP contribution < -0.4 is 4.90 Å². The Hall–Kier alpha value is -2.73. The summed E-state index contributed by atoms with van der Waals surface area (Å²) in [5.41, 5.74) is -0.640. The van der Waals surface area contributed by atoms with Crippen molar-refractivity contribution in [3.63, 3.8) is 0 Å². The monoisotopic (exact) mass is 278 g/mol. The van der Waals surface area contributed by atoms with Crippen LogP contribution in [0.1, 0.15) is 5.56 Å². The maximum Gasteiger partial charge on any atom is 0.329 e. The molecule has 1 N–H and O–H groups in total. The molecule has 0 bridgehead atoms. The summed E-state index contributed by atoms with van der Waals surface area (Å²) in [7, 11) is 0. The first-order valence-electron chi connectivity index (χ1n) is 5.67. The van der Waals surface area contributed by atoms with Crippen molar-refractivity contribution in [1.29, 1.82) is 5.26 Å². The Morgan fingerprint density at radius 3 is 3.05 bits per heavy atom. The summed E-state index contributed by atoms with van der Waals surface area (Å²) in [6.07, 6.45) is 1.25. The highest BCUT2D eigenvalue weighted by atomic mass is 16.6. The van der Waals surface area contributed by atoms with E-state index in [1.165, 1.54) is 17.2 Å². The smallest absolute Gasteiger partial charge is 0.329 e. The van der Waals surface area contributed by atoms with Crippen LogP contribution in [0.25, 0.3) is 0 Å².